The topological polar surface area (TPSA) is 51.1 Å². The first-order chi connectivity index (χ1) is 10.5. The molecule has 1 N–H and O–H groups in total. The number of rotatable bonds is 5. The molecule has 1 fully saturated rings. The molecular formula is C16H17FN2O2S. The van der Waals surface area contributed by atoms with E-state index in [0.29, 0.717) is 17.2 Å². The summed E-state index contributed by atoms with van der Waals surface area (Å²) in [5.41, 5.74) is 1.16. The Kier molecular flexibility index (Phi) is 4.11. The van der Waals surface area contributed by atoms with E-state index in [1.807, 2.05) is 6.92 Å². The first kappa shape index (κ1) is 15.0. The smallest absolute Gasteiger partial charge is 0.307 e. The third-order valence-electron chi connectivity index (χ3n) is 4.05. The lowest BCUT2D eigenvalue weighted by molar-refractivity contribution is -0.119. The second-order valence-electron chi connectivity index (χ2n) is 5.71. The second-order valence-corrected chi connectivity index (χ2v) is 6.57. The first-order valence-corrected chi connectivity index (χ1v) is 8.16. The zero-order chi connectivity index (χ0) is 15.7. The van der Waals surface area contributed by atoms with Crippen LogP contribution in [0.4, 0.5) is 10.1 Å². The lowest BCUT2D eigenvalue weighted by Crippen LogP contribution is -2.23. The average Bonchev–Trinajstić information content (AvgIpc) is 3.26. The van der Waals surface area contributed by atoms with Gasteiger partial charge in [0.25, 0.3) is 0 Å². The van der Waals surface area contributed by atoms with E-state index in [4.69, 9.17) is 0 Å². The van der Waals surface area contributed by atoms with Crippen LogP contribution >= 0.6 is 11.3 Å². The summed E-state index contributed by atoms with van der Waals surface area (Å²) in [7, 11) is 0. The van der Waals surface area contributed by atoms with Crippen LogP contribution in [0.3, 0.4) is 0 Å². The Hall–Kier alpha value is -1.95. The summed E-state index contributed by atoms with van der Waals surface area (Å²) in [6, 6.07) is 4.23. The standard InChI is InChI=1S/C16H17FN2O2S/c1-10(11-2-3-11)15(20)18-14-5-4-13(17)8-12(14)9-19-6-7-22-16(19)21/h4-8,10-11H,2-3,9H2,1H3,(H,18,20)/t10-/m1/s1. The molecule has 0 aliphatic heterocycles. The highest BCUT2D eigenvalue weighted by Crippen LogP contribution is 2.37. The van der Waals surface area contributed by atoms with E-state index in [-0.39, 0.29) is 29.1 Å². The van der Waals surface area contributed by atoms with Gasteiger partial charge in [-0.2, -0.15) is 0 Å². The molecule has 1 aromatic heterocycles. The van der Waals surface area contributed by atoms with Gasteiger partial charge in [0.15, 0.2) is 0 Å². The van der Waals surface area contributed by atoms with Crippen LogP contribution in [-0.4, -0.2) is 10.5 Å². The molecule has 1 aliphatic carbocycles. The highest BCUT2D eigenvalue weighted by Gasteiger charge is 2.32. The molecule has 0 saturated heterocycles. The number of carbonyl (C=O) groups excluding carboxylic acids is 1. The first-order valence-electron chi connectivity index (χ1n) is 7.28. The number of anilines is 1. The number of thiazole rings is 1. The molecule has 3 rings (SSSR count). The highest BCUT2D eigenvalue weighted by atomic mass is 32.1. The van der Waals surface area contributed by atoms with Gasteiger partial charge in [-0.1, -0.05) is 18.3 Å². The van der Waals surface area contributed by atoms with E-state index in [1.54, 1.807) is 17.6 Å². The Morgan fingerprint density at radius 3 is 2.91 bits per heavy atom. The molecular weight excluding hydrogens is 303 g/mol. The molecule has 0 radical (unpaired) electrons. The molecule has 2 aromatic rings. The maximum Gasteiger partial charge on any atom is 0.307 e. The minimum absolute atomic E-state index is 0.0400. The number of aromatic nitrogens is 1. The van der Waals surface area contributed by atoms with Crippen LogP contribution in [0.2, 0.25) is 0 Å². The minimum Gasteiger partial charge on any atom is -0.326 e. The third-order valence-corrected chi connectivity index (χ3v) is 4.75. The Morgan fingerprint density at radius 1 is 1.50 bits per heavy atom. The number of nitrogens with zero attached hydrogens (tertiary/aromatic N) is 1. The minimum atomic E-state index is -0.383. The summed E-state index contributed by atoms with van der Waals surface area (Å²) in [5.74, 6) is -0.00953. The predicted octanol–water partition coefficient (Wildman–Crippen LogP) is 3.08. The Labute approximate surface area is 131 Å². The highest BCUT2D eigenvalue weighted by molar-refractivity contribution is 7.07. The monoisotopic (exact) mass is 320 g/mol. The van der Waals surface area contributed by atoms with Gasteiger partial charge in [-0.05, 0) is 42.5 Å². The van der Waals surface area contributed by atoms with Gasteiger partial charge in [0, 0.05) is 23.2 Å². The molecule has 0 bridgehead atoms. The molecule has 22 heavy (non-hydrogen) atoms. The van der Waals surface area contributed by atoms with Crippen LogP contribution in [0.5, 0.6) is 0 Å². The lowest BCUT2D eigenvalue weighted by Gasteiger charge is -2.15. The van der Waals surface area contributed by atoms with E-state index >= 15 is 0 Å². The van der Waals surface area contributed by atoms with Gasteiger partial charge < -0.3 is 9.88 Å². The van der Waals surface area contributed by atoms with Crippen LogP contribution in [0.15, 0.2) is 34.6 Å². The molecule has 1 aliphatic rings. The Morgan fingerprint density at radius 2 is 2.27 bits per heavy atom. The van der Waals surface area contributed by atoms with Crippen molar-refractivity contribution in [2.45, 2.75) is 26.3 Å². The molecule has 6 heteroatoms. The molecule has 1 heterocycles. The van der Waals surface area contributed by atoms with Crippen LogP contribution in [0.1, 0.15) is 25.3 Å². The van der Waals surface area contributed by atoms with Crippen molar-refractivity contribution >= 4 is 22.9 Å². The van der Waals surface area contributed by atoms with E-state index in [2.05, 4.69) is 5.32 Å². The molecule has 0 unspecified atom stereocenters. The quantitative estimate of drug-likeness (QED) is 0.920. The van der Waals surface area contributed by atoms with Crippen molar-refractivity contribution in [3.63, 3.8) is 0 Å². The van der Waals surface area contributed by atoms with Gasteiger partial charge in [0.2, 0.25) is 5.91 Å². The number of hydrogen-bond donors (Lipinski definition) is 1. The fourth-order valence-corrected chi connectivity index (χ4v) is 3.05. The van der Waals surface area contributed by atoms with Crippen molar-refractivity contribution in [2.24, 2.45) is 11.8 Å². The van der Waals surface area contributed by atoms with Crippen molar-refractivity contribution in [2.75, 3.05) is 5.32 Å². The molecule has 1 aromatic carbocycles. The second kappa shape index (κ2) is 6.04. The fourth-order valence-electron chi connectivity index (χ4n) is 2.46. The third kappa shape index (κ3) is 3.27. The summed E-state index contributed by atoms with van der Waals surface area (Å²) < 4.78 is 15.0. The number of carbonyl (C=O) groups is 1. The van der Waals surface area contributed by atoms with E-state index in [9.17, 15) is 14.0 Å². The Balaban J connectivity index is 1.82. The van der Waals surface area contributed by atoms with Crippen molar-refractivity contribution in [1.29, 1.82) is 0 Å². The van der Waals surface area contributed by atoms with Gasteiger partial charge in [-0.15, -0.1) is 0 Å². The van der Waals surface area contributed by atoms with Gasteiger partial charge in [-0.3, -0.25) is 9.59 Å². The number of halogens is 1. The SMILES string of the molecule is C[C@@H](C(=O)Nc1ccc(F)cc1Cn1ccsc1=O)C1CC1. The number of hydrogen-bond acceptors (Lipinski definition) is 3. The number of benzene rings is 1. The summed E-state index contributed by atoms with van der Waals surface area (Å²) in [6.07, 6.45) is 3.85. The van der Waals surface area contributed by atoms with E-state index < -0.39 is 0 Å². The van der Waals surface area contributed by atoms with Crippen molar-refractivity contribution < 1.29 is 9.18 Å². The van der Waals surface area contributed by atoms with Gasteiger partial charge in [0.1, 0.15) is 5.82 Å². The van der Waals surface area contributed by atoms with Gasteiger partial charge in [0.05, 0.1) is 6.54 Å². The Bertz CT molecular complexity index is 749. The maximum absolute atomic E-state index is 13.5. The molecule has 4 nitrogen and oxygen atoms in total. The predicted molar refractivity (Wildman–Crippen MR) is 84.6 cm³/mol. The van der Waals surface area contributed by atoms with Crippen LogP contribution < -0.4 is 10.2 Å². The summed E-state index contributed by atoms with van der Waals surface area (Å²) in [6.45, 7) is 2.16. The molecule has 1 saturated carbocycles. The van der Waals surface area contributed by atoms with Crippen LogP contribution in [0.25, 0.3) is 0 Å². The lowest BCUT2D eigenvalue weighted by atomic mass is 10.1. The zero-order valence-corrected chi connectivity index (χ0v) is 13.0. The summed E-state index contributed by atoms with van der Waals surface area (Å²) >= 11 is 1.09. The van der Waals surface area contributed by atoms with Crippen LogP contribution in [0, 0.1) is 17.7 Å². The van der Waals surface area contributed by atoms with E-state index in [1.165, 1.54) is 16.7 Å². The number of nitrogens with one attached hydrogen (secondary N) is 1. The molecule has 1 atom stereocenters. The number of amides is 1. The summed E-state index contributed by atoms with van der Waals surface area (Å²) in [4.78, 5) is 23.8. The normalized spacial score (nSPS) is 15.5. The van der Waals surface area contributed by atoms with Crippen molar-refractivity contribution in [1.82, 2.24) is 4.57 Å². The summed E-state index contributed by atoms with van der Waals surface area (Å²) in [5, 5.41) is 4.56. The maximum atomic E-state index is 13.5. The fraction of sp³-hybridized carbons (Fsp3) is 0.375. The molecule has 0 spiro atoms. The van der Waals surface area contributed by atoms with Crippen molar-refractivity contribution in [3.8, 4) is 0 Å². The van der Waals surface area contributed by atoms with E-state index in [0.717, 1.165) is 24.2 Å². The van der Waals surface area contributed by atoms with Crippen LogP contribution in [-0.2, 0) is 11.3 Å². The molecule has 116 valence electrons. The van der Waals surface area contributed by atoms with Gasteiger partial charge in [-0.25, -0.2) is 4.39 Å². The molecule has 1 amide bonds. The van der Waals surface area contributed by atoms with Crippen molar-refractivity contribution in [3.05, 3.63) is 50.8 Å². The largest absolute Gasteiger partial charge is 0.326 e. The average molecular weight is 320 g/mol. The van der Waals surface area contributed by atoms with Gasteiger partial charge >= 0.3 is 4.87 Å². The zero-order valence-electron chi connectivity index (χ0n) is 12.2.